The number of nitrogens with two attached hydrogens (primary N) is 1. The molecule has 0 radical (unpaired) electrons. The Morgan fingerprint density at radius 3 is 2.82 bits per heavy atom. The second kappa shape index (κ2) is 5.69. The molecule has 2 rings (SSSR count). The van der Waals surface area contributed by atoms with Crippen molar-refractivity contribution in [2.45, 2.75) is 45.2 Å². The molecule has 1 heterocycles. The normalized spacial score (nSPS) is 25.4. The van der Waals surface area contributed by atoms with E-state index in [1.807, 2.05) is 6.92 Å². The summed E-state index contributed by atoms with van der Waals surface area (Å²) in [5.74, 6) is 1.70. The van der Waals surface area contributed by atoms with E-state index < -0.39 is 0 Å². The number of nitrogens with zero attached hydrogens (tertiary/aromatic N) is 1. The number of furan rings is 1. The summed E-state index contributed by atoms with van der Waals surface area (Å²) in [4.78, 5) is 2.37. The van der Waals surface area contributed by atoms with Gasteiger partial charge in [0.1, 0.15) is 5.76 Å². The lowest BCUT2D eigenvalue weighted by molar-refractivity contribution is 0.205. The molecule has 0 saturated heterocycles. The molecule has 2 unspecified atom stereocenters. The van der Waals surface area contributed by atoms with Crippen LogP contribution < -0.4 is 5.73 Å². The van der Waals surface area contributed by atoms with E-state index in [0.717, 1.165) is 18.8 Å². The third kappa shape index (κ3) is 3.33. The predicted octanol–water partition coefficient (Wildman–Crippen LogP) is 2.54. The Morgan fingerprint density at radius 1 is 1.41 bits per heavy atom. The Kier molecular flexibility index (Phi) is 4.24. The molecule has 0 aromatic carbocycles. The molecule has 1 fully saturated rings. The van der Waals surface area contributed by atoms with Gasteiger partial charge in [-0.15, -0.1) is 0 Å². The molecule has 1 aliphatic rings. The molecule has 3 heteroatoms. The first kappa shape index (κ1) is 12.7. The predicted molar refractivity (Wildman–Crippen MR) is 69.7 cm³/mol. The number of rotatable bonds is 4. The fourth-order valence-corrected chi connectivity index (χ4v) is 2.79. The minimum atomic E-state index is 0.400. The van der Waals surface area contributed by atoms with Crippen molar-refractivity contribution in [2.24, 2.45) is 11.7 Å². The lowest BCUT2D eigenvalue weighted by atomic mass is 9.85. The van der Waals surface area contributed by atoms with E-state index in [0.29, 0.717) is 12.0 Å². The molecule has 2 N–H and O–H groups in total. The Bertz CT molecular complexity index is 348. The molecule has 0 aliphatic heterocycles. The molecule has 1 aromatic heterocycles. The Balaban J connectivity index is 1.84. The van der Waals surface area contributed by atoms with Crippen molar-refractivity contribution in [3.63, 3.8) is 0 Å². The SMILES string of the molecule is Cc1occc1CN(C)CC1CCCCC1N. The van der Waals surface area contributed by atoms with Gasteiger partial charge in [-0.25, -0.2) is 0 Å². The van der Waals surface area contributed by atoms with Gasteiger partial charge in [-0.1, -0.05) is 12.8 Å². The third-order valence-corrected chi connectivity index (χ3v) is 3.92. The maximum Gasteiger partial charge on any atom is 0.105 e. The monoisotopic (exact) mass is 236 g/mol. The van der Waals surface area contributed by atoms with Gasteiger partial charge in [0.25, 0.3) is 0 Å². The average Bonchev–Trinajstić information content (AvgIpc) is 2.68. The van der Waals surface area contributed by atoms with Crippen LogP contribution >= 0.6 is 0 Å². The third-order valence-electron chi connectivity index (χ3n) is 3.92. The quantitative estimate of drug-likeness (QED) is 0.873. The minimum absolute atomic E-state index is 0.400. The molecule has 0 amide bonds. The van der Waals surface area contributed by atoms with Gasteiger partial charge >= 0.3 is 0 Å². The molecule has 3 nitrogen and oxygen atoms in total. The standard InChI is InChI=1S/C14H24N2O/c1-11-12(7-8-17-11)9-16(2)10-13-5-3-4-6-14(13)15/h7-8,13-14H,3-6,9-10,15H2,1-2H3. The molecule has 1 saturated carbocycles. The lowest BCUT2D eigenvalue weighted by Gasteiger charge is -2.32. The first-order chi connectivity index (χ1) is 8.16. The van der Waals surface area contributed by atoms with Gasteiger partial charge in [-0.2, -0.15) is 0 Å². The Hall–Kier alpha value is -0.800. The molecule has 0 spiro atoms. The summed E-state index contributed by atoms with van der Waals surface area (Å²) in [5.41, 5.74) is 7.47. The molecule has 1 aliphatic carbocycles. The van der Waals surface area contributed by atoms with E-state index >= 15 is 0 Å². The van der Waals surface area contributed by atoms with Gasteiger partial charge in [0.2, 0.25) is 0 Å². The van der Waals surface area contributed by atoms with E-state index in [2.05, 4.69) is 18.0 Å². The first-order valence-electron chi connectivity index (χ1n) is 6.64. The second-order valence-corrected chi connectivity index (χ2v) is 5.41. The fourth-order valence-electron chi connectivity index (χ4n) is 2.79. The molecule has 0 bridgehead atoms. The zero-order chi connectivity index (χ0) is 12.3. The van der Waals surface area contributed by atoms with Crippen molar-refractivity contribution in [3.8, 4) is 0 Å². The van der Waals surface area contributed by atoms with Crippen LogP contribution in [0.15, 0.2) is 16.7 Å². The smallest absolute Gasteiger partial charge is 0.105 e. The summed E-state index contributed by atoms with van der Waals surface area (Å²) in [6.45, 7) is 4.09. The lowest BCUT2D eigenvalue weighted by Crippen LogP contribution is -2.39. The van der Waals surface area contributed by atoms with E-state index in [1.165, 1.54) is 31.2 Å². The molecule has 2 atom stereocenters. The molecule has 17 heavy (non-hydrogen) atoms. The van der Waals surface area contributed by atoms with Crippen LogP contribution in [0.3, 0.4) is 0 Å². The topological polar surface area (TPSA) is 42.4 Å². The summed E-state index contributed by atoms with van der Waals surface area (Å²) < 4.78 is 5.33. The number of aryl methyl sites for hydroxylation is 1. The Labute approximate surface area is 104 Å². The summed E-state index contributed by atoms with van der Waals surface area (Å²) in [5, 5.41) is 0. The van der Waals surface area contributed by atoms with Gasteiger partial charge in [0, 0.05) is 24.7 Å². The van der Waals surface area contributed by atoms with Gasteiger partial charge in [0.05, 0.1) is 6.26 Å². The molecular weight excluding hydrogens is 212 g/mol. The maximum absolute atomic E-state index is 6.19. The largest absolute Gasteiger partial charge is 0.469 e. The first-order valence-corrected chi connectivity index (χ1v) is 6.64. The minimum Gasteiger partial charge on any atom is -0.469 e. The van der Waals surface area contributed by atoms with Crippen LogP contribution in [-0.4, -0.2) is 24.5 Å². The van der Waals surface area contributed by atoms with Crippen LogP contribution in [0.25, 0.3) is 0 Å². The van der Waals surface area contributed by atoms with Gasteiger partial charge in [0.15, 0.2) is 0 Å². The highest BCUT2D eigenvalue weighted by molar-refractivity contribution is 5.15. The van der Waals surface area contributed by atoms with Crippen molar-refractivity contribution in [1.82, 2.24) is 4.90 Å². The van der Waals surface area contributed by atoms with Crippen LogP contribution in [0.5, 0.6) is 0 Å². The highest BCUT2D eigenvalue weighted by Crippen LogP contribution is 2.24. The van der Waals surface area contributed by atoms with Crippen molar-refractivity contribution in [1.29, 1.82) is 0 Å². The van der Waals surface area contributed by atoms with Crippen LogP contribution in [0.4, 0.5) is 0 Å². The zero-order valence-corrected chi connectivity index (χ0v) is 11.0. The van der Waals surface area contributed by atoms with E-state index in [9.17, 15) is 0 Å². The summed E-state index contributed by atoms with van der Waals surface area (Å²) in [6.07, 6.45) is 6.91. The molecular formula is C14H24N2O. The van der Waals surface area contributed by atoms with Crippen molar-refractivity contribution >= 4 is 0 Å². The van der Waals surface area contributed by atoms with Crippen LogP contribution in [0.1, 0.15) is 37.0 Å². The van der Waals surface area contributed by atoms with E-state index in [1.54, 1.807) is 6.26 Å². The average molecular weight is 236 g/mol. The van der Waals surface area contributed by atoms with Crippen molar-refractivity contribution < 1.29 is 4.42 Å². The van der Waals surface area contributed by atoms with Crippen LogP contribution in [-0.2, 0) is 6.54 Å². The second-order valence-electron chi connectivity index (χ2n) is 5.41. The maximum atomic E-state index is 6.19. The number of hydrogen-bond acceptors (Lipinski definition) is 3. The van der Waals surface area contributed by atoms with Crippen LogP contribution in [0.2, 0.25) is 0 Å². The molecule has 1 aromatic rings. The number of hydrogen-bond donors (Lipinski definition) is 1. The van der Waals surface area contributed by atoms with Gasteiger partial charge < -0.3 is 15.1 Å². The zero-order valence-electron chi connectivity index (χ0n) is 11.0. The van der Waals surface area contributed by atoms with Gasteiger partial charge in [-0.3, -0.25) is 0 Å². The summed E-state index contributed by atoms with van der Waals surface area (Å²) >= 11 is 0. The molecule has 96 valence electrons. The highest BCUT2D eigenvalue weighted by atomic mass is 16.3. The van der Waals surface area contributed by atoms with E-state index in [4.69, 9.17) is 10.2 Å². The van der Waals surface area contributed by atoms with Gasteiger partial charge in [-0.05, 0) is 38.8 Å². The van der Waals surface area contributed by atoms with Crippen LogP contribution in [0, 0.1) is 12.8 Å². The highest BCUT2D eigenvalue weighted by Gasteiger charge is 2.23. The summed E-state index contributed by atoms with van der Waals surface area (Å²) in [6, 6.07) is 2.46. The van der Waals surface area contributed by atoms with Crippen molar-refractivity contribution in [3.05, 3.63) is 23.7 Å². The Morgan fingerprint density at radius 2 is 2.18 bits per heavy atom. The van der Waals surface area contributed by atoms with E-state index in [-0.39, 0.29) is 0 Å². The van der Waals surface area contributed by atoms with Crippen molar-refractivity contribution in [2.75, 3.05) is 13.6 Å². The summed E-state index contributed by atoms with van der Waals surface area (Å²) in [7, 11) is 2.17. The fraction of sp³-hybridized carbons (Fsp3) is 0.714.